The minimum absolute atomic E-state index is 0.521. The summed E-state index contributed by atoms with van der Waals surface area (Å²) in [6, 6.07) is 20.5. The zero-order chi connectivity index (χ0) is 12.4. The molecule has 3 rings (SSSR count). The molecule has 0 aromatic heterocycles. The summed E-state index contributed by atoms with van der Waals surface area (Å²) < 4.78 is 0. The number of hydroxylamine groups is 1. The molecule has 0 radical (unpaired) electrons. The quantitative estimate of drug-likeness (QED) is 0.864. The second-order valence-electron chi connectivity index (χ2n) is 4.50. The molecule has 2 nitrogen and oxygen atoms in total. The summed E-state index contributed by atoms with van der Waals surface area (Å²) in [5, 5.41) is 0. The third kappa shape index (κ3) is 1.71. The minimum Gasteiger partial charge on any atom is -0.270 e. The fraction of sp³-hybridized carbons (Fsp3) is 0.125. The van der Waals surface area contributed by atoms with E-state index < -0.39 is 5.60 Å². The average molecular weight is 237 g/mol. The molecule has 18 heavy (non-hydrogen) atoms. The van der Waals surface area contributed by atoms with Crippen LogP contribution >= 0.6 is 0 Å². The van der Waals surface area contributed by atoms with Gasteiger partial charge in [-0.2, -0.15) is 0 Å². The van der Waals surface area contributed by atoms with Crippen LogP contribution in [-0.4, -0.2) is 0 Å². The van der Waals surface area contributed by atoms with E-state index in [0.717, 1.165) is 16.8 Å². The Morgan fingerprint density at radius 3 is 1.72 bits per heavy atom. The number of hydrogen-bond acceptors (Lipinski definition) is 2. The van der Waals surface area contributed by atoms with Gasteiger partial charge >= 0.3 is 0 Å². The summed E-state index contributed by atoms with van der Waals surface area (Å²) in [6.45, 7) is 2.01. The maximum absolute atomic E-state index is 5.88. The van der Waals surface area contributed by atoms with Gasteiger partial charge in [0.25, 0.3) is 0 Å². The Morgan fingerprint density at radius 2 is 1.33 bits per heavy atom. The second-order valence-corrected chi connectivity index (χ2v) is 4.50. The maximum Gasteiger partial charge on any atom is 0.166 e. The van der Waals surface area contributed by atoms with E-state index in [0.29, 0.717) is 0 Å². The fourth-order valence-electron chi connectivity index (χ4n) is 2.35. The van der Waals surface area contributed by atoms with Crippen molar-refractivity contribution in [1.29, 1.82) is 0 Å². The highest BCUT2D eigenvalue weighted by Gasteiger charge is 2.37. The van der Waals surface area contributed by atoms with Gasteiger partial charge in [-0.3, -0.25) is 10.3 Å². The van der Waals surface area contributed by atoms with E-state index in [1.54, 1.807) is 0 Å². The van der Waals surface area contributed by atoms with E-state index >= 15 is 0 Å². The first-order valence-electron chi connectivity index (χ1n) is 6.06. The van der Waals surface area contributed by atoms with Crippen molar-refractivity contribution in [2.45, 2.75) is 12.5 Å². The fourth-order valence-corrected chi connectivity index (χ4v) is 2.35. The van der Waals surface area contributed by atoms with Crippen molar-refractivity contribution in [3.63, 3.8) is 0 Å². The molecule has 0 amide bonds. The van der Waals surface area contributed by atoms with Crippen LogP contribution in [0.2, 0.25) is 0 Å². The number of nitrogens with one attached hydrogen (secondary N) is 1. The SMILES string of the molecule is CC1=CC(c2ccccc2)(c2ccccc2)ON1. The molecular formula is C16H15NO. The van der Waals surface area contributed by atoms with Crippen LogP contribution in [0.5, 0.6) is 0 Å². The molecule has 0 spiro atoms. The van der Waals surface area contributed by atoms with Crippen LogP contribution in [0.1, 0.15) is 18.1 Å². The molecule has 0 fully saturated rings. The lowest BCUT2D eigenvalue weighted by molar-refractivity contribution is -0.0164. The molecule has 1 N–H and O–H groups in total. The Morgan fingerprint density at radius 1 is 0.833 bits per heavy atom. The lowest BCUT2D eigenvalue weighted by atomic mass is 9.86. The molecule has 2 heteroatoms. The molecule has 90 valence electrons. The highest BCUT2D eigenvalue weighted by atomic mass is 16.7. The van der Waals surface area contributed by atoms with E-state index in [1.165, 1.54) is 0 Å². The van der Waals surface area contributed by atoms with Gasteiger partial charge in [0.15, 0.2) is 5.60 Å². The highest BCUT2D eigenvalue weighted by Crippen LogP contribution is 2.38. The topological polar surface area (TPSA) is 21.3 Å². The van der Waals surface area contributed by atoms with Crippen molar-refractivity contribution in [1.82, 2.24) is 5.48 Å². The van der Waals surface area contributed by atoms with Crippen molar-refractivity contribution in [3.8, 4) is 0 Å². The maximum atomic E-state index is 5.88. The van der Waals surface area contributed by atoms with Gasteiger partial charge in [0, 0.05) is 5.70 Å². The molecule has 1 heterocycles. The van der Waals surface area contributed by atoms with Gasteiger partial charge < -0.3 is 0 Å². The summed E-state index contributed by atoms with van der Waals surface area (Å²) in [5.74, 6) is 0. The monoisotopic (exact) mass is 237 g/mol. The lowest BCUT2D eigenvalue weighted by Crippen LogP contribution is -2.28. The van der Waals surface area contributed by atoms with Crippen LogP contribution in [-0.2, 0) is 10.4 Å². The largest absolute Gasteiger partial charge is 0.270 e. The molecule has 0 unspecified atom stereocenters. The van der Waals surface area contributed by atoms with Gasteiger partial charge in [-0.1, -0.05) is 60.7 Å². The molecule has 0 atom stereocenters. The Labute approximate surface area is 107 Å². The molecule has 1 aliphatic rings. The molecule has 0 saturated heterocycles. The van der Waals surface area contributed by atoms with Crippen LogP contribution in [0.4, 0.5) is 0 Å². The van der Waals surface area contributed by atoms with E-state index in [1.807, 2.05) is 43.3 Å². The van der Waals surface area contributed by atoms with E-state index in [-0.39, 0.29) is 0 Å². The summed E-state index contributed by atoms with van der Waals surface area (Å²) in [4.78, 5) is 5.88. The van der Waals surface area contributed by atoms with Gasteiger partial charge in [-0.15, -0.1) is 0 Å². The van der Waals surface area contributed by atoms with Crippen molar-refractivity contribution < 1.29 is 4.84 Å². The molecule has 0 saturated carbocycles. The predicted molar refractivity (Wildman–Crippen MR) is 71.6 cm³/mol. The minimum atomic E-state index is -0.521. The summed E-state index contributed by atoms with van der Waals surface area (Å²) >= 11 is 0. The van der Waals surface area contributed by atoms with E-state index in [9.17, 15) is 0 Å². The summed E-state index contributed by atoms with van der Waals surface area (Å²) in [5.41, 5.74) is 5.73. The van der Waals surface area contributed by atoms with Gasteiger partial charge in [0.05, 0.1) is 0 Å². The Kier molecular flexibility index (Phi) is 2.65. The summed E-state index contributed by atoms with van der Waals surface area (Å²) in [7, 11) is 0. The number of benzene rings is 2. The second kappa shape index (κ2) is 4.31. The Bertz CT molecular complexity index is 521. The van der Waals surface area contributed by atoms with Crippen molar-refractivity contribution in [2.24, 2.45) is 0 Å². The molecular weight excluding hydrogens is 222 g/mol. The third-order valence-electron chi connectivity index (χ3n) is 3.20. The van der Waals surface area contributed by atoms with Crippen molar-refractivity contribution >= 4 is 0 Å². The highest BCUT2D eigenvalue weighted by molar-refractivity contribution is 5.43. The number of rotatable bonds is 2. The first-order valence-corrected chi connectivity index (χ1v) is 6.06. The average Bonchev–Trinajstić information content (AvgIpc) is 2.84. The van der Waals surface area contributed by atoms with Crippen molar-refractivity contribution in [2.75, 3.05) is 0 Å². The lowest BCUT2D eigenvalue weighted by Gasteiger charge is -2.26. The van der Waals surface area contributed by atoms with Crippen LogP contribution in [0.25, 0.3) is 0 Å². The van der Waals surface area contributed by atoms with Crippen molar-refractivity contribution in [3.05, 3.63) is 83.6 Å². The van der Waals surface area contributed by atoms with E-state index in [4.69, 9.17) is 4.84 Å². The third-order valence-corrected chi connectivity index (χ3v) is 3.20. The Hall–Kier alpha value is -2.06. The first-order chi connectivity index (χ1) is 8.81. The van der Waals surface area contributed by atoms with Gasteiger partial charge in [0.1, 0.15) is 0 Å². The zero-order valence-corrected chi connectivity index (χ0v) is 10.3. The van der Waals surface area contributed by atoms with Gasteiger partial charge in [-0.05, 0) is 24.1 Å². The standard InChI is InChI=1S/C16H15NO/c1-13-12-16(18-17-13,14-8-4-2-5-9-14)15-10-6-3-7-11-15/h2-12,17H,1H3. The Balaban J connectivity index is 2.18. The smallest absolute Gasteiger partial charge is 0.166 e. The van der Waals surface area contributed by atoms with Gasteiger partial charge in [-0.25, -0.2) is 0 Å². The molecule has 2 aromatic rings. The van der Waals surface area contributed by atoms with Crippen LogP contribution < -0.4 is 5.48 Å². The number of allylic oxidation sites excluding steroid dienone is 1. The van der Waals surface area contributed by atoms with Gasteiger partial charge in [0.2, 0.25) is 0 Å². The van der Waals surface area contributed by atoms with E-state index in [2.05, 4.69) is 35.8 Å². The number of hydrogen-bond donors (Lipinski definition) is 1. The summed E-state index contributed by atoms with van der Waals surface area (Å²) in [6.07, 6.45) is 2.12. The first kappa shape index (κ1) is 11.1. The molecule has 0 aliphatic carbocycles. The van der Waals surface area contributed by atoms with Crippen LogP contribution in [0.3, 0.4) is 0 Å². The normalized spacial score (nSPS) is 17.1. The molecule has 2 aromatic carbocycles. The van der Waals surface area contributed by atoms with Crippen LogP contribution in [0.15, 0.2) is 72.4 Å². The zero-order valence-electron chi connectivity index (χ0n) is 10.3. The predicted octanol–water partition coefficient (Wildman–Crippen LogP) is 3.37. The molecule has 1 aliphatic heterocycles. The molecule has 0 bridgehead atoms. The van der Waals surface area contributed by atoms with Crippen LogP contribution in [0, 0.1) is 0 Å².